The maximum atomic E-state index is 12.6. The summed E-state index contributed by atoms with van der Waals surface area (Å²) in [5.74, 6) is -0.228. The van der Waals surface area contributed by atoms with Crippen molar-refractivity contribution in [2.75, 3.05) is 23.3 Å². The predicted octanol–water partition coefficient (Wildman–Crippen LogP) is 4.86. The largest absolute Gasteiger partial charge is 0.484 e. The van der Waals surface area contributed by atoms with Crippen LogP contribution < -0.4 is 14.8 Å². The highest BCUT2D eigenvalue weighted by Gasteiger charge is 2.52. The van der Waals surface area contributed by atoms with Gasteiger partial charge in [0, 0.05) is 15.8 Å². The van der Waals surface area contributed by atoms with Crippen LogP contribution in [0, 0.1) is 0 Å². The standard InChI is InChI=1S/C26H25BrN2O6S/c1-2-34-25(31)26(15-16-26)18-3-7-20(8-4-18)28-24(30)17-35-22-11-13-23(14-12-22)36(32,33)29-21-9-5-19(27)6-10-21/h3-14,29H,2,15-17H2,1H3,(H,28,30). The molecule has 0 saturated heterocycles. The molecule has 0 heterocycles. The zero-order chi connectivity index (χ0) is 25.8. The van der Waals surface area contributed by atoms with Gasteiger partial charge in [-0.1, -0.05) is 28.1 Å². The van der Waals surface area contributed by atoms with Crippen molar-refractivity contribution < 1.29 is 27.5 Å². The van der Waals surface area contributed by atoms with E-state index in [0.717, 1.165) is 22.9 Å². The molecule has 0 unspecified atom stereocenters. The molecule has 8 nitrogen and oxygen atoms in total. The van der Waals surface area contributed by atoms with E-state index in [2.05, 4.69) is 26.0 Å². The number of carbonyl (C=O) groups is 2. The monoisotopic (exact) mass is 572 g/mol. The summed E-state index contributed by atoms with van der Waals surface area (Å²) < 4.78 is 39.2. The topological polar surface area (TPSA) is 111 Å². The van der Waals surface area contributed by atoms with Gasteiger partial charge in [0.05, 0.1) is 16.9 Å². The van der Waals surface area contributed by atoms with Crippen molar-refractivity contribution >= 4 is 49.2 Å². The lowest BCUT2D eigenvalue weighted by molar-refractivity contribution is -0.146. The molecule has 0 aliphatic heterocycles. The molecular weight excluding hydrogens is 548 g/mol. The normalized spacial score (nSPS) is 13.9. The molecule has 0 bridgehead atoms. The number of halogens is 1. The summed E-state index contributed by atoms with van der Waals surface area (Å²) in [5.41, 5.74) is 1.33. The molecule has 1 amide bonds. The second-order valence-corrected chi connectivity index (χ2v) is 10.9. The Bertz CT molecular complexity index is 1340. The molecule has 1 saturated carbocycles. The van der Waals surface area contributed by atoms with Gasteiger partial charge in [-0.25, -0.2) is 8.42 Å². The highest BCUT2D eigenvalue weighted by Crippen LogP contribution is 2.49. The Morgan fingerprint density at radius 2 is 1.53 bits per heavy atom. The van der Waals surface area contributed by atoms with Crippen molar-refractivity contribution in [2.24, 2.45) is 0 Å². The number of rotatable bonds is 10. The number of benzene rings is 3. The van der Waals surface area contributed by atoms with Gasteiger partial charge in [0.2, 0.25) is 0 Å². The fourth-order valence-electron chi connectivity index (χ4n) is 3.67. The molecule has 36 heavy (non-hydrogen) atoms. The third-order valence-corrected chi connectivity index (χ3v) is 7.66. The van der Waals surface area contributed by atoms with E-state index < -0.39 is 15.4 Å². The first-order valence-electron chi connectivity index (χ1n) is 11.3. The minimum absolute atomic E-state index is 0.0681. The Morgan fingerprint density at radius 3 is 2.11 bits per heavy atom. The molecular formula is C26H25BrN2O6S. The minimum Gasteiger partial charge on any atom is -0.484 e. The first-order chi connectivity index (χ1) is 17.2. The fourth-order valence-corrected chi connectivity index (χ4v) is 4.99. The van der Waals surface area contributed by atoms with E-state index in [4.69, 9.17) is 9.47 Å². The summed E-state index contributed by atoms with van der Waals surface area (Å²) in [5, 5.41) is 2.74. The molecule has 2 N–H and O–H groups in total. The van der Waals surface area contributed by atoms with Gasteiger partial charge in [0.15, 0.2) is 6.61 Å². The summed E-state index contributed by atoms with van der Waals surface area (Å²) >= 11 is 3.31. The fraction of sp³-hybridized carbons (Fsp3) is 0.231. The average Bonchev–Trinajstić information content (AvgIpc) is 3.67. The van der Waals surface area contributed by atoms with Crippen LogP contribution in [0.25, 0.3) is 0 Å². The van der Waals surface area contributed by atoms with Crippen molar-refractivity contribution in [1.82, 2.24) is 0 Å². The zero-order valence-electron chi connectivity index (χ0n) is 19.5. The molecule has 188 valence electrons. The Hall–Kier alpha value is -3.37. The number of anilines is 2. The van der Waals surface area contributed by atoms with Crippen molar-refractivity contribution in [2.45, 2.75) is 30.1 Å². The number of ether oxygens (including phenoxy) is 2. The van der Waals surface area contributed by atoms with Crippen LogP contribution in [0.5, 0.6) is 5.75 Å². The Morgan fingerprint density at radius 1 is 0.917 bits per heavy atom. The molecule has 3 aromatic carbocycles. The molecule has 10 heteroatoms. The zero-order valence-corrected chi connectivity index (χ0v) is 21.9. The van der Waals surface area contributed by atoms with E-state index in [1.807, 2.05) is 12.1 Å². The van der Waals surface area contributed by atoms with Crippen LogP contribution in [0.1, 0.15) is 25.3 Å². The van der Waals surface area contributed by atoms with Crippen LogP contribution in [0.15, 0.2) is 82.2 Å². The number of amides is 1. The lowest BCUT2D eigenvalue weighted by Crippen LogP contribution is -2.23. The lowest BCUT2D eigenvalue weighted by Gasteiger charge is -2.15. The first-order valence-corrected chi connectivity index (χ1v) is 13.6. The van der Waals surface area contributed by atoms with Gasteiger partial charge in [-0.15, -0.1) is 0 Å². The van der Waals surface area contributed by atoms with E-state index >= 15 is 0 Å². The number of hydrogen-bond acceptors (Lipinski definition) is 6. The summed E-state index contributed by atoms with van der Waals surface area (Å²) in [6, 6.07) is 19.7. The van der Waals surface area contributed by atoms with Crippen LogP contribution in [-0.2, 0) is 29.8 Å². The smallest absolute Gasteiger partial charge is 0.316 e. The molecule has 0 spiro atoms. The van der Waals surface area contributed by atoms with E-state index in [0.29, 0.717) is 23.7 Å². The van der Waals surface area contributed by atoms with Gasteiger partial charge < -0.3 is 14.8 Å². The molecule has 1 aliphatic rings. The molecule has 4 rings (SSSR count). The quantitative estimate of drug-likeness (QED) is 0.335. The predicted molar refractivity (Wildman–Crippen MR) is 140 cm³/mol. The van der Waals surface area contributed by atoms with Gasteiger partial charge in [-0.3, -0.25) is 14.3 Å². The van der Waals surface area contributed by atoms with E-state index in [1.54, 1.807) is 43.3 Å². The van der Waals surface area contributed by atoms with Gasteiger partial charge in [0.25, 0.3) is 15.9 Å². The number of carbonyl (C=O) groups excluding carboxylic acids is 2. The summed E-state index contributed by atoms with van der Waals surface area (Å²) in [6.07, 6.45) is 1.51. The molecule has 1 aliphatic carbocycles. The molecule has 3 aromatic rings. The number of sulfonamides is 1. The van der Waals surface area contributed by atoms with Crippen LogP contribution in [0.2, 0.25) is 0 Å². The van der Waals surface area contributed by atoms with E-state index in [-0.39, 0.29) is 23.4 Å². The van der Waals surface area contributed by atoms with Crippen molar-refractivity contribution in [1.29, 1.82) is 0 Å². The number of esters is 1. The van der Waals surface area contributed by atoms with Crippen LogP contribution in [-0.4, -0.2) is 33.5 Å². The van der Waals surface area contributed by atoms with Crippen molar-refractivity contribution in [3.05, 3.63) is 82.8 Å². The van der Waals surface area contributed by atoms with Crippen molar-refractivity contribution in [3.8, 4) is 5.75 Å². The maximum absolute atomic E-state index is 12.6. The highest BCUT2D eigenvalue weighted by molar-refractivity contribution is 9.10. The van der Waals surface area contributed by atoms with Gasteiger partial charge in [-0.2, -0.15) is 0 Å². The van der Waals surface area contributed by atoms with E-state index in [1.165, 1.54) is 24.3 Å². The maximum Gasteiger partial charge on any atom is 0.316 e. The second-order valence-electron chi connectivity index (χ2n) is 8.30. The molecule has 1 fully saturated rings. The van der Waals surface area contributed by atoms with Gasteiger partial charge >= 0.3 is 5.97 Å². The molecule has 0 atom stereocenters. The van der Waals surface area contributed by atoms with Crippen molar-refractivity contribution in [3.63, 3.8) is 0 Å². The number of hydrogen-bond donors (Lipinski definition) is 2. The van der Waals surface area contributed by atoms with Crippen LogP contribution in [0.3, 0.4) is 0 Å². The van der Waals surface area contributed by atoms with Crippen LogP contribution in [0.4, 0.5) is 11.4 Å². The molecule has 0 aromatic heterocycles. The number of nitrogens with one attached hydrogen (secondary N) is 2. The summed E-state index contributed by atoms with van der Waals surface area (Å²) in [7, 11) is -3.76. The second kappa shape index (κ2) is 10.7. The molecule has 0 radical (unpaired) electrons. The third kappa shape index (κ3) is 6.06. The minimum atomic E-state index is -3.76. The Kier molecular flexibility index (Phi) is 7.65. The third-order valence-electron chi connectivity index (χ3n) is 5.74. The first kappa shape index (κ1) is 25.7. The SMILES string of the molecule is CCOC(=O)C1(c2ccc(NC(=O)COc3ccc(S(=O)(=O)Nc4ccc(Br)cc4)cc3)cc2)CC1. The lowest BCUT2D eigenvalue weighted by atomic mass is 9.96. The summed E-state index contributed by atoms with van der Waals surface area (Å²) in [4.78, 5) is 24.6. The summed E-state index contributed by atoms with van der Waals surface area (Å²) in [6.45, 7) is 1.88. The van der Waals surface area contributed by atoms with E-state index in [9.17, 15) is 18.0 Å². The van der Waals surface area contributed by atoms with Gasteiger partial charge in [0.1, 0.15) is 5.75 Å². The average molecular weight is 573 g/mol. The Labute approximate surface area is 218 Å². The Balaban J connectivity index is 1.29. The van der Waals surface area contributed by atoms with Crippen LogP contribution >= 0.6 is 15.9 Å². The highest BCUT2D eigenvalue weighted by atomic mass is 79.9. The van der Waals surface area contributed by atoms with Gasteiger partial charge in [-0.05, 0) is 86.0 Å².